The van der Waals surface area contributed by atoms with Gasteiger partial charge in [0, 0.05) is 6.20 Å². The van der Waals surface area contributed by atoms with Crippen molar-refractivity contribution in [3.63, 3.8) is 0 Å². The topological polar surface area (TPSA) is 74.1 Å². The molecule has 0 amide bonds. The minimum absolute atomic E-state index is 0.00131. The molecule has 0 saturated heterocycles. The van der Waals surface area contributed by atoms with Crippen LogP contribution in [0.25, 0.3) is 11.6 Å². The summed E-state index contributed by atoms with van der Waals surface area (Å²) in [5.74, 6) is -1.93. The van der Waals surface area contributed by atoms with Crippen molar-refractivity contribution >= 4 is 29.3 Å². The van der Waals surface area contributed by atoms with Crippen molar-refractivity contribution in [1.82, 2.24) is 4.40 Å². The summed E-state index contributed by atoms with van der Waals surface area (Å²) < 4.78 is 11.1. The zero-order valence-electron chi connectivity index (χ0n) is 14.8. The fraction of sp³-hybridized carbons (Fsp3) is 0.0952. The number of allylic oxidation sites excluding steroid dienone is 1. The van der Waals surface area contributed by atoms with E-state index in [2.05, 4.69) is 0 Å². The summed E-state index contributed by atoms with van der Waals surface area (Å²) in [6.07, 6.45) is 4.61. The molecule has 0 N–H and O–H groups in total. The molecular weight excluding hydrogens is 346 g/mol. The lowest BCUT2D eigenvalue weighted by molar-refractivity contribution is 0.0556. The molecule has 0 atom stereocenters. The molecule has 6 heteroatoms. The molecule has 0 aliphatic carbocycles. The second-order valence-electron chi connectivity index (χ2n) is 5.65. The molecule has 2 heterocycles. The number of ketones is 1. The molecule has 0 spiro atoms. The Kier molecular flexibility index (Phi) is 5.17. The van der Waals surface area contributed by atoms with Crippen molar-refractivity contribution < 1.29 is 23.9 Å². The number of esters is 2. The maximum Gasteiger partial charge on any atom is 0.341 e. The molecule has 3 aromatic rings. The van der Waals surface area contributed by atoms with Crippen LogP contribution >= 0.6 is 0 Å². The Balaban J connectivity index is 2.22. The monoisotopic (exact) mass is 363 g/mol. The van der Waals surface area contributed by atoms with Crippen molar-refractivity contribution in [2.24, 2.45) is 0 Å². The first-order valence-corrected chi connectivity index (χ1v) is 8.15. The highest BCUT2D eigenvalue weighted by molar-refractivity contribution is 6.18. The third kappa shape index (κ3) is 3.37. The molecule has 3 rings (SSSR count). The lowest BCUT2D eigenvalue weighted by Crippen LogP contribution is -2.13. The lowest BCUT2D eigenvalue weighted by Gasteiger charge is -2.03. The fourth-order valence-corrected chi connectivity index (χ4v) is 2.88. The van der Waals surface area contributed by atoms with E-state index in [1.807, 2.05) is 30.3 Å². The minimum Gasteiger partial charge on any atom is -0.465 e. The van der Waals surface area contributed by atoms with E-state index in [9.17, 15) is 14.4 Å². The highest BCUT2D eigenvalue weighted by Gasteiger charge is 2.31. The van der Waals surface area contributed by atoms with Gasteiger partial charge in [0.05, 0.1) is 19.7 Å². The summed E-state index contributed by atoms with van der Waals surface area (Å²) in [6, 6.07) is 14.3. The average Bonchev–Trinajstić information content (AvgIpc) is 3.07. The van der Waals surface area contributed by atoms with Crippen LogP contribution in [0, 0.1) is 0 Å². The number of aromatic nitrogens is 1. The highest BCUT2D eigenvalue weighted by atomic mass is 16.5. The number of benzene rings is 1. The van der Waals surface area contributed by atoms with Gasteiger partial charge < -0.3 is 13.9 Å². The number of hydrogen-bond donors (Lipinski definition) is 0. The first kappa shape index (κ1) is 18.1. The first-order valence-electron chi connectivity index (χ1n) is 8.15. The number of pyridine rings is 1. The van der Waals surface area contributed by atoms with Crippen LogP contribution in [0.15, 0.2) is 60.8 Å². The van der Waals surface area contributed by atoms with E-state index in [0.717, 1.165) is 5.56 Å². The number of rotatable bonds is 5. The van der Waals surface area contributed by atoms with Crippen LogP contribution in [0.4, 0.5) is 0 Å². The maximum absolute atomic E-state index is 12.9. The van der Waals surface area contributed by atoms with E-state index in [4.69, 9.17) is 9.47 Å². The molecule has 0 aliphatic heterocycles. The lowest BCUT2D eigenvalue weighted by atomic mass is 10.1. The van der Waals surface area contributed by atoms with Crippen LogP contribution in [-0.4, -0.2) is 36.3 Å². The van der Waals surface area contributed by atoms with Crippen molar-refractivity contribution in [3.05, 3.63) is 83.2 Å². The third-order valence-electron chi connectivity index (χ3n) is 4.08. The van der Waals surface area contributed by atoms with Crippen LogP contribution in [0.1, 0.15) is 36.8 Å². The standard InChI is InChI=1S/C21H17NO5/c1-26-20(24)17-15-10-6-7-13-22(15)19(18(17)21(25)27-2)16(23)12-11-14-8-4-3-5-9-14/h3-13H,1-2H3/b12-11+. The Hall–Kier alpha value is -3.67. The normalized spacial score (nSPS) is 10.9. The van der Waals surface area contributed by atoms with Crippen molar-refractivity contribution in [3.8, 4) is 0 Å². The smallest absolute Gasteiger partial charge is 0.341 e. The van der Waals surface area contributed by atoms with Gasteiger partial charge in [-0.1, -0.05) is 42.5 Å². The number of carbonyl (C=O) groups is 3. The predicted molar refractivity (Wildman–Crippen MR) is 99.9 cm³/mol. The zero-order valence-corrected chi connectivity index (χ0v) is 14.8. The van der Waals surface area contributed by atoms with Crippen LogP contribution in [-0.2, 0) is 9.47 Å². The Morgan fingerprint density at radius 3 is 2.15 bits per heavy atom. The second-order valence-corrected chi connectivity index (χ2v) is 5.65. The summed E-state index contributed by atoms with van der Waals surface area (Å²) in [7, 11) is 2.41. The van der Waals surface area contributed by atoms with Crippen molar-refractivity contribution in [1.29, 1.82) is 0 Å². The summed E-state index contributed by atoms with van der Waals surface area (Å²) >= 11 is 0. The van der Waals surface area contributed by atoms with Crippen LogP contribution < -0.4 is 0 Å². The van der Waals surface area contributed by atoms with Gasteiger partial charge in [0.15, 0.2) is 0 Å². The molecule has 0 radical (unpaired) electrons. The zero-order chi connectivity index (χ0) is 19.4. The van der Waals surface area contributed by atoms with Crippen LogP contribution in [0.3, 0.4) is 0 Å². The Morgan fingerprint density at radius 2 is 1.48 bits per heavy atom. The third-order valence-corrected chi connectivity index (χ3v) is 4.08. The van der Waals surface area contributed by atoms with E-state index < -0.39 is 17.7 Å². The van der Waals surface area contributed by atoms with E-state index in [1.165, 1.54) is 24.7 Å². The molecule has 0 saturated carbocycles. The van der Waals surface area contributed by atoms with Crippen LogP contribution in [0.5, 0.6) is 0 Å². The Bertz CT molecular complexity index is 1050. The number of ether oxygens (including phenoxy) is 2. The first-order chi connectivity index (χ1) is 13.1. The second kappa shape index (κ2) is 7.70. The molecule has 1 aromatic carbocycles. The van der Waals surface area contributed by atoms with Gasteiger partial charge in [-0.3, -0.25) is 4.79 Å². The van der Waals surface area contributed by atoms with Crippen LogP contribution in [0.2, 0.25) is 0 Å². The van der Waals surface area contributed by atoms with Gasteiger partial charge >= 0.3 is 11.9 Å². The molecule has 6 nitrogen and oxygen atoms in total. The summed E-state index contributed by atoms with van der Waals surface area (Å²) in [5, 5.41) is 0. The van der Waals surface area contributed by atoms with E-state index in [1.54, 1.807) is 30.5 Å². The van der Waals surface area contributed by atoms with Gasteiger partial charge in [0.25, 0.3) is 0 Å². The summed E-state index contributed by atoms with van der Waals surface area (Å²) in [4.78, 5) is 37.6. The molecule has 0 unspecified atom stereocenters. The van der Waals surface area contributed by atoms with Gasteiger partial charge in [0.1, 0.15) is 16.8 Å². The largest absolute Gasteiger partial charge is 0.465 e. The van der Waals surface area contributed by atoms with Gasteiger partial charge in [-0.15, -0.1) is 0 Å². The SMILES string of the molecule is COC(=O)c1c(C(=O)OC)c2ccccn2c1C(=O)/C=C/c1ccccc1. The van der Waals surface area contributed by atoms with Gasteiger partial charge in [-0.25, -0.2) is 9.59 Å². The Morgan fingerprint density at radius 1 is 0.852 bits per heavy atom. The maximum atomic E-state index is 12.9. The number of methoxy groups -OCH3 is 2. The molecule has 0 bridgehead atoms. The fourth-order valence-electron chi connectivity index (χ4n) is 2.88. The van der Waals surface area contributed by atoms with E-state index in [0.29, 0.717) is 5.52 Å². The van der Waals surface area contributed by atoms with Gasteiger partial charge in [-0.05, 0) is 23.8 Å². The van der Waals surface area contributed by atoms with E-state index in [-0.39, 0.29) is 16.8 Å². The molecule has 0 fully saturated rings. The van der Waals surface area contributed by atoms with Gasteiger partial charge in [0.2, 0.25) is 5.78 Å². The predicted octanol–water partition coefficient (Wildman–Crippen LogP) is 3.41. The molecular formula is C21H17NO5. The Labute approximate surface area is 155 Å². The number of fused-ring (bicyclic) bond motifs is 1. The summed E-state index contributed by atoms with van der Waals surface area (Å²) in [5.41, 5.74) is 1.16. The number of carbonyl (C=O) groups excluding carboxylic acids is 3. The summed E-state index contributed by atoms with van der Waals surface area (Å²) in [6.45, 7) is 0. The number of nitrogens with zero attached hydrogens (tertiary/aromatic N) is 1. The molecule has 2 aromatic heterocycles. The highest BCUT2D eigenvalue weighted by Crippen LogP contribution is 2.26. The quantitative estimate of drug-likeness (QED) is 0.395. The minimum atomic E-state index is -0.782. The molecule has 136 valence electrons. The van der Waals surface area contributed by atoms with Gasteiger partial charge in [-0.2, -0.15) is 0 Å². The molecule has 27 heavy (non-hydrogen) atoms. The average molecular weight is 363 g/mol. The van der Waals surface area contributed by atoms with Crippen molar-refractivity contribution in [2.75, 3.05) is 14.2 Å². The molecule has 0 aliphatic rings. The van der Waals surface area contributed by atoms with E-state index >= 15 is 0 Å². The van der Waals surface area contributed by atoms with Crippen molar-refractivity contribution in [2.45, 2.75) is 0 Å². The number of hydrogen-bond acceptors (Lipinski definition) is 5.